The van der Waals surface area contributed by atoms with Gasteiger partial charge in [-0.15, -0.1) is 21.5 Å². The van der Waals surface area contributed by atoms with Gasteiger partial charge >= 0.3 is 0 Å². The molecule has 0 bridgehead atoms. The molecule has 34 heavy (non-hydrogen) atoms. The van der Waals surface area contributed by atoms with Crippen molar-refractivity contribution in [2.45, 2.75) is 11.7 Å². The van der Waals surface area contributed by atoms with Crippen LogP contribution in [0.5, 0.6) is 0 Å². The second-order valence-electron chi connectivity index (χ2n) is 7.70. The fraction of sp³-hybridized carbons (Fsp3) is 0.250. The van der Waals surface area contributed by atoms with Crippen LogP contribution in [0, 0.1) is 0 Å². The molecule has 1 fully saturated rings. The molecule has 1 N–H and O–H groups in total. The molecule has 2 aromatic heterocycles. The first kappa shape index (κ1) is 22.7. The van der Waals surface area contributed by atoms with E-state index in [2.05, 4.69) is 25.4 Å². The molecule has 1 aliphatic heterocycles. The van der Waals surface area contributed by atoms with Crippen LogP contribution >= 0.6 is 23.1 Å². The Hall–Kier alpha value is -3.05. The number of morpholine rings is 1. The molecule has 0 saturated carbocycles. The molecule has 3 heterocycles. The summed E-state index contributed by atoms with van der Waals surface area (Å²) in [5, 5.41) is 15.0. The molecule has 10 heteroatoms. The Labute approximate surface area is 206 Å². The standard InChI is InChI=1S/C24H24N6O2S2/c31-22(26-23-25-20(16-33-23)18-7-3-1-4-8-18)17-34-24-28-27-21(15-29-11-13-32-14-12-29)30(24)19-9-5-2-6-10-19/h1-10,16H,11-15,17H2,(H,25,26,31). The van der Waals surface area contributed by atoms with E-state index in [0.717, 1.165) is 49.1 Å². The number of hydrogen-bond donors (Lipinski definition) is 1. The molecule has 2 aromatic carbocycles. The van der Waals surface area contributed by atoms with Gasteiger partial charge in [-0.1, -0.05) is 60.3 Å². The highest BCUT2D eigenvalue weighted by atomic mass is 32.2. The zero-order chi connectivity index (χ0) is 23.2. The van der Waals surface area contributed by atoms with Gasteiger partial charge in [-0.05, 0) is 12.1 Å². The van der Waals surface area contributed by atoms with Gasteiger partial charge in [0.1, 0.15) is 0 Å². The Balaban J connectivity index is 1.26. The number of amides is 1. The summed E-state index contributed by atoms with van der Waals surface area (Å²) in [5.74, 6) is 0.933. The van der Waals surface area contributed by atoms with Crippen LogP contribution in [0.25, 0.3) is 16.9 Å². The number of carbonyl (C=O) groups excluding carboxylic acids is 1. The van der Waals surface area contributed by atoms with E-state index in [1.807, 2.05) is 70.6 Å². The van der Waals surface area contributed by atoms with E-state index in [4.69, 9.17) is 4.74 Å². The first-order valence-corrected chi connectivity index (χ1v) is 12.9. The quantitative estimate of drug-likeness (QED) is 0.373. The topological polar surface area (TPSA) is 85.2 Å². The smallest absolute Gasteiger partial charge is 0.236 e. The van der Waals surface area contributed by atoms with Crippen LogP contribution in [0.1, 0.15) is 5.82 Å². The van der Waals surface area contributed by atoms with Crippen LogP contribution in [0.2, 0.25) is 0 Å². The highest BCUT2D eigenvalue weighted by Crippen LogP contribution is 2.26. The lowest BCUT2D eigenvalue weighted by molar-refractivity contribution is -0.113. The molecule has 8 nitrogen and oxygen atoms in total. The fourth-order valence-corrected chi connectivity index (χ4v) is 5.16. The first-order chi connectivity index (χ1) is 16.8. The van der Waals surface area contributed by atoms with Gasteiger partial charge in [0.25, 0.3) is 0 Å². The SMILES string of the molecule is O=C(CSc1nnc(CN2CCOCC2)n1-c1ccccc1)Nc1nc(-c2ccccc2)cs1. The average molecular weight is 493 g/mol. The van der Waals surface area contributed by atoms with Crippen molar-refractivity contribution in [3.8, 4) is 16.9 Å². The summed E-state index contributed by atoms with van der Waals surface area (Å²) in [6.07, 6.45) is 0. The maximum atomic E-state index is 12.7. The average Bonchev–Trinajstić information content (AvgIpc) is 3.51. The molecule has 0 radical (unpaired) electrons. The Kier molecular flexibility index (Phi) is 7.30. The number of nitrogens with one attached hydrogen (secondary N) is 1. The van der Waals surface area contributed by atoms with Gasteiger partial charge in [-0.25, -0.2) is 4.98 Å². The van der Waals surface area contributed by atoms with Gasteiger partial charge in [0, 0.05) is 29.7 Å². The number of anilines is 1. The van der Waals surface area contributed by atoms with Gasteiger partial charge in [-0.3, -0.25) is 14.3 Å². The third kappa shape index (κ3) is 5.53. The van der Waals surface area contributed by atoms with Crippen molar-refractivity contribution in [3.05, 3.63) is 71.9 Å². The van der Waals surface area contributed by atoms with Gasteiger partial charge in [0.2, 0.25) is 5.91 Å². The second-order valence-corrected chi connectivity index (χ2v) is 9.50. The van der Waals surface area contributed by atoms with E-state index < -0.39 is 0 Å². The summed E-state index contributed by atoms with van der Waals surface area (Å²) < 4.78 is 7.49. The van der Waals surface area contributed by atoms with Crippen molar-refractivity contribution in [2.24, 2.45) is 0 Å². The molecule has 0 aliphatic carbocycles. The van der Waals surface area contributed by atoms with E-state index in [9.17, 15) is 4.79 Å². The van der Waals surface area contributed by atoms with Gasteiger partial charge in [0.05, 0.1) is 31.2 Å². The summed E-state index contributed by atoms with van der Waals surface area (Å²) in [5.41, 5.74) is 2.86. The summed E-state index contributed by atoms with van der Waals surface area (Å²) in [6.45, 7) is 3.87. The molecule has 1 aliphatic rings. The van der Waals surface area contributed by atoms with E-state index in [1.54, 1.807) is 0 Å². The maximum Gasteiger partial charge on any atom is 0.236 e. The van der Waals surface area contributed by atoms with Crippen LogP contribution in [0.3, 0.4) is 0 Å². The minimum absolute atomic E-state index is 0.128. The van der Waals surface area contributed by atoms with Crippen LogP contribution < -0.4 is 5.32 Å². The zero-order valence-corrected chi connectivity index (χ0v) is 20.1. The predicted molar refractivity (Wildman–Crippen MR) is 134 cm³/mol. The number of thiazole rings is 1. The Morgan fingerprint density at radius 2 is 1.76 bits per heavy atom. The number of rotatable bonds is 8. The number of aromatic nitrogens is 4. The number of carbonyl (C=O) groups is 1. The second kappa shape index (κ2) is 10.9. The molecule has 4 aromatic rings. The van der Waals surface area contributed by atoms with Crippen molar-refractivity contribution in [3.63, 3.8) is 0 Å². The predicted octanol–water partition coefficient (Wildman–Crippen LogP) is 3.95. The Morgan fingerprint density at radius 3 is 2.53 bits per heavy atom. The number of benzene rings is 2. The third-order valence-electron chi connectivity index (χ3n) is 5.34. The molecule has 1 saturated heterocycles. The lowest BCUT2D eigenvalue weighted by Crippen LogP contribution is -2.36. The van der Waals surface area contributed by atoms with Crippen LogP contribution in [0.4, 0.5) is 5.13 Å². The van der Waals surface area contributed by atoms with E-state index in [-0.39, 0.29) is 11.7 Å². The molecule has 0 spiro atoms. The monoisotopic (exact) mass is 492 g/mol. The van der Waals surface area contributed by atoms with E-state index in [1.165, 1.54) is 23.1 Å². The minimum atomic E-state index is -0.128. The molecule has 174 valence electrons. The molecular weight excluding hydrogens is 468 g/mol. The highest BCUT2D eigenvalue weighted by molar-refractivity contribution is 7.99. The van der Waals surface area contributed by atoms with Crippen molar-refractivity contribution in [2.75, 3.05) is 37.4 Å². The van der Waals surface area contributed by atoms with Crippen molar-refractivity contribution in [1.82, 2.24) is 24.6 Å². The maximum absolute atomic E-state index is 12.7. The molecular formula is C24H24N6O2S2. The van der Waals surface area contributed by atoms with Crippen molar-refractivity contribution in [1.29, 1.82) is 0 Å². The van der Waals surface area contributed by atoms with Crippen LogP contribution in [-0.4, -0.2) is 62.6 Å². The number of nitrogens with zero attached hydrogens (tertiary/aromatic N) is 5. The highest BCUT2D eigenvalue weighted by Gasteiger charge is 2.20. The van der Waals surface area contributed by atoms with Crippen molar-refractivity contribution >= 4 is 34.1 Å². The number of hydrogen-bond acceptors (Lipinski definition) is 8. The summed E-state index contributed by atoms with van der Waals surface area (Å²) in [7, 11) is 0. The first-order valence-electron chi connectivity index (χ1n) is 11.0. The summed E-state index contributed by atoms with van der Waals surface area (Å²) >= 11 is 2.78. The normalized spacial score (nSPS) is 14.2. The van der Waals surface area contributed by atoms with E-state index >= 15 is 0 Å². The fourth-order valence-electron chi connectivity index (χ4n) is 3.65. The Bertz CT molecular complexity index is 1220. The molecule has 0 unspecified atom stereocenters. The zero-order valence-electron chi connectivity index (χ0n) is 18.5. The minimum Gasteiger partial charge on any atom is -0.379 e. The number of ether oxygens (including phenoxy) is 1. The number of thioether (sulfide) groups is 1. The molecule has 5 rings (SSSR count). The van der Waals surface area contributed by atoms with Crippen LogP contribution in [0.15, 0.2) is 71.2 Å². The third-order valence-corrected chi connectivity index (χ3v) is 7.02. The number of para-hydroxylation sites is 1. The lowest BCUT2D eigenvalue weighted by atomic mass is 10.2. The van der Waals surface area contributed by atoms with Gasteiger partial charge in [0.15, 0.2) is 16.1 Å². The summed E-state index contributed by atoms with van der Waals surface area (Å²) in [4.78, 5) is 19.5. The van der Waals surface area contributed by atoms with E-state index in [0.29, 0.717) is 16.8 Å². The van der Waals surface area contributed by atoms with Crippen LogP contribution in [-0.2, 0) is 16.1 Å². The molecule has 0 atom stereocenters. The lowest BCUT2D eigenvalue weighted by Gasteiger charge is -2.26. The van der Waals surface area contributed by atoms with Gasteiger partial charge in [-0.2, -0.15) is 0 Å². The molecule has 1 amide bonds. The van der Waals surface area contributed by atoms with Gasteiger partial charge < -0.3 is 10.1 Å². The Morgan fingerprint density at radius 1 is 1.03 bits per heavy atom. The van der Waals surface area contributed by atoms with Crippen molar-refractivity contribution < 1.29 is 9.53 Å². The summed E-state index contributed by atoms with van der Waals surface area (Å²) in [6, 6.07) is 19.9. The largest absolute Gasteiger partial charge is 0.379 e.